The van der Waals surface area contributed by atoms with Gasteiger partial charge in [0.15, 0.2) is 5.78 Å². The van der Waals surface area contributed by atoms with Crippen molar-refractivity contribution in [3.63, 3.8) is 0 Å². The van der Waals surface area contributed by atoms with Crippen LogP contribution in [0.1, 0.15) is 11.1 Å². The quantitative estimate of drug-likeness (QED) is 0.793. The van der Waals surface area contributed by atoms with Crippen LogP contribution in [-0.2, 0) is 11.2 Å². The zero-order valence-corrected chi connectivity index (χ0v) is 13.9. The molecule has 0 fully saturated rings. The molecular formula is C17H15BrClNO. The van der Waals surface area contributed by atoms with Gasteiger partial charge in [0.25, 0.3) is 0 Å². The van der Waals surface area contributed by atoms with Crippen molar-refractivity contribution in [2.24, 2.45) is 0 Å². The zero-order chi connectivity index (χ0) is 15.2. The summed E-state index contributed by atoms with van der Waals surface area (Å²) in [6.45, 7) is 0. The highest BCUT2D eigenvalue weighted by atomic mass is 79.9. The van der Waals surface area contributed by atoms with E-state index in [-0.39, 0.29) is 5.78 Å². The Hall–Kier alpha value is -1.58. The Kier molecular flexibility index (Phi) is 5.59. The van der Waals surface area contributed by atoms with E-state index in [0.717, 1.165) is 15.6 Å². The second kappa shape index (κ2) is 7.43. The Labute approximate surface area is 138 Å². The molecule has 0 radical (unpaired) electrons. The summed E-state index contributed by atoms with van der Waals surface area (Å²) in [5, 5.41) is 3.58. The Morgan fingerprint density at radius 2 is 2.00 bits per heavy atom. The molecule has 0 saturated carbocycles. The highest BCUT2D eigenvalue weighted by molar-refractivity contribution is 9.10. The number of Topliss-reactive ketones (excluding diaryl/α,β-unsaturated/α-hetero) is 1. The molecule has 0 aromatic heterocycles. The van der Waals surface area contributed by atoms with Gasteiger partial charge in [0.1, 0.15) is 0 Å². The number of rotatable bonds is 5. The third-order valence-electron chi connectivity index (χ3n) is 2.98. The van der Waals surface area contributed by atoms with Gasteiger partial charge in [0.2, 0.25) is 0 Å². The molecule has 4 heteroatoms. The van der Waals surface area contributed by atoms with Crippen molar-refractivity contribution < 1.29 is 4.79 Å². The lowest BCUT2D eigenvalue weighted by Crippen LogP contribution is -2.09. The zero-order valence-electron chi connectivity index (χ0n) is 11.6. The van der Waals surface area contributed by atoms with E-state index < -0.39 is 0 Å². The summed E-state index contributed by atoms with van der Waals surface area (Å²) in [5.41, 5.74) is 2.44. The molecule has 0 unspecified atom stereocenters. The van der Waals surface area contributed by atoms with E-state index >= 15 is 0 Å². The van der Waals surface area contributed by atoms with Crippen molar-refractivity contribution in [3.05, 3.63) is 75.4 Å². The normalized spacial score (nSPS) is 11.3. The molecular weight excluding hydrogens is 350 g/mol. The van der Waals surface area contributed by atoms with E-state index in [1.807, 2.05) is 42.5 Å². The minimum Gasteiger partial charge on any atom is -0.393 e. The van der Waals surface area contributed by atoms with Crippen LogP contribution in [-0.4, -0.2) is 12.8 Å². The number of nitrogens with one attached hydrogen (secondary N) is 1. The molecule has 0 saturated heterocycles. The third kappa shape index (κ3) is 4.45. The summed E-state index contributed by atoms with van der Waals surface area (Å²) < 4.78 is 0.942. The molecule has 0 amide bonds. The second-order valence-corrected chi connectivity index (χ2v) is 5.94. The molecule has 2 rings (SSSR count). The lowest BCUT2D eigenvalue weighted by molar-refractivity contribution is -0.113. The van der Waals surface area contributed by atoms with Gasteiger partial charge in [-0.05, 0) is 35.4 Å². The van der Waals surface area contributed by atoms with Gasteiger partial charge in [0.05, 0.1) is 0 Å². The van der Waals surface area contributed by atoms with Crippen molar-refractivity contribution in [3.8, 4) is 0 Å². The minimum absolute atomic E-state index is 0.0460. The monoisotopic (exact) mass is 363 g/mol. The molecule has 0 aliphatic rings. The van der Waals surface area contributed by atoms with Gasteiger partial charge in [-0.2, -0.15) is 0 Å². The van der Waals surface area contributed by atoms with Crippen LogP contribution in [0.15, 0.2) is 59.2 Å². The number of ketones is 1. The maximum absolute atomic E-state index is 12.6. The molecule has 0 aliphatic heterocycles. The fraction of sp³-hybridized carbons (Fsp3) is 0.118. The summed E-state index contributed by atoms with van der Waals surface area (Å²) >= 11 is 9.39. The van der Waals surface area contributed by atoms with Crippen molar-refractivity contribution in [2.75, 3.05) is 7.05 Å². The summed E-state index contributed by atoms with van der Waals surface area (Å²) in [7, 11) is 1.78. The first-order valence-electron chi connectivity index (χ1n) is 6.51. The van der Waals surface area contributed by atoms with E-state index in [2.05, 4.69) is 21.2 Å². The smallest absolute Gasteiger partial charge is 0.169 e. The van der Waals surface area contributed by atoms with Crippen LogP contribution in [0.3, 0.4) is 0 Å². The van der Waals surface area contributed by atoms with Gasteiger partial charge in [-0.1, -0.05) is 51.8 Å². The fourth-order valence-corrected chi connectivity index (χ4v) is 2.66. The van der Waals surface area contributed by atoms with Crippen molar-refractivity contribution in [1.29, 1.82) is 0 Å². The second-order valence-electron chi connectivity index (χ2n) is 4.59. The first-order chi connectivity index (χ1) is 10.1. The van der Waals surface area contributed by atoms with Gasteiger partial charge in [-0.15, -0.1) is 0 Å². The molecule has 1 N–H and O–H groups in total. The van der Waals surface area contributed by atoms with Crippen molar-refractivity contribution in [2.45, 2.75) is 6.42 Å². The van der Waals surface area contributed by atoms with E-state index in [4.69, 9.17) is 11.6 Å². The maximum atomic E-state index is 12.6. The van der Waals surface area contributed by atoms with E-state index in [1.165, 1.54) is 0 Å². The number of hydrogen-bond donors (Lipinski definition) is 1. The Morgan fingerprint density at radius 1 is 1.24 bits per heavy atom. The average Bonchev–Trinajstić information content (AvgIpc) is 2.44. The number of benzene rings is 2. The Balaban J connectivity index is 2.27. The molecule has 2 aromatic rings. The molecule has 0 heterocycles. The van der Waals surface area contributed by atoms with Gasteiger partial charge in [-0.25, -0.2) is 0 Å². The molecule has 0 spiro atoms. The standard InChI is InChI=1S/C17H15BrClNO/c1-20-11-16(13-5-3-6-14(18)10-13)17(21)9-12-4-2-7-15(19)8-12/h2-8,10-11,20H,9H2,1H3. The lowest BCUT2D eigenvalue weighted by Gasteiger charge is -2.08. The van der Waals surface area contributed by atoms with Gasteiger partial charge >= 0.3 is 0 Å². The van der Waals surface area contributed by atoms with E-state index in [9.17, 15) is 4.79 Å². The molecule has 0 aliphatic carbocycles. The third-order valence-corrected chi connectivity index (χ3v) is 3.71. The van der Waals surface area contributed by atoms with Crippen molar-refractivity contribution >= 4 is 38.9 Å². The highest BCUT2D eigenvalue weighted by Gasteiger charge is 2.13. The minimum atomic E-state index is 0.0460. The molecule has 108 valence electrons. The number of carbonyl (C=O) groups is 1. The van der Waals surface area contributed by atoms with Crippen LogP contribution < -0.4 is 5.32 Å². The summed E-state index contributed by atoms with van der Waals surface area (Å²) in [4.78, 5) is 12.6. The first-order valence-corrected chi connectivity index (χ1v) is 7.68. The fourth-order valence-electron chi connectivity index (χ4n) is 2.05. The van der Waals surface area contributed by atoms with Crippen LogP contribution in [0.2, 0.25) is 5.02 Å². The van der Waals surface area contributed by atoms with Gasteiger partial charge in [0, 0.05) is 34.7 Å². The van der Waals surface area contributed by atoms with Crippen LogP contribution in [0.4, 0.5) is 0 Å². The van der Waals surface area contributed by atoms with Crippen LogP contribution in [0.25, 0.3) is 5.57 Å². The predicted octanol–water partition coefficient (Wildman–Crippen LogP) is 4.47. The Morgan fingerprint density at radius 3 is 2.67 bits per heavy atom. The first kappa shape index (κ1) is 15.8. The average molecular weight is 365 g/mol. The molecule has 21 heavy (non-hydrogen) atoms. The van der Waals surface area contributed by atoms with Gasteiger partial charge in [-0.3, -0.25) is 4.79 Å². The number of allylic oxidation sites excluding steroid dienone is 1. The van der Waals surface area contributed by atoms with Gasteiger partial charge < -0.3 is 5.32 Å². The highest BCUT2D eigenvalue weighted by Crippen LogP contribution is 2.21. The maximum Gasteiger partial charge on any atom is 0.169 e. The van der Waals surface area contributed by atoms with E-state index in [1.54, 1.807) is 19.3 Å². The van der Waals surface area contributed by atoms with Crippen LogP contribution in [0, 0.1) is 0 Å². The SMILES string of the molecule is CNC=C(C(=O)Cc1cccc(Cl)c1)c1cccc(Br)c1. The number of carbonyl (C=O) groups excluding carboxylic acids is 1. The number of hydrogen-bond acceptors (Lipinski definition) is 2. The molecule has 2 nitrogen and oxygen atoms in total. The topological polar surface area (TPSA) is 29.1 Å². The Bertz CT molecular complexity index is 682. The summed E-state index contributed by atoms with van der Waals surface area (Å²) in [5.74, 6) is 0.0460. The summed E-state index contributed by atoms with van der Waals surface area (Å²) in [6.07, 6.45) is 2.05. The van der Waals surface area contributed by atoms with Crippen LogP contribution in [0.5, 0.6) is 0 Å². The van der Waals surface area contributed by atoms with Crippen LogP contribution >= 0.6 is 27.5 Å². The number of halogens is 2. The largest absolute Gasteiger partial charge is 0.393 e. The van der Waals surface area contributed by atoms with E-state index in [0.29, 0.717) is 17.0 Å². The lowest BCUT2D eigenvalue weighted by atomic mass is 9.98. The molecule has 0 bridgehead atoms. The van der Waals surface area contributed by atoms with Crippen molar-refractivity contribution in [1.82, 2.24) is 5.32 Å². The molecule has 0 atom stereocenters. The predicted molar refractivity (Wildman–Crippen MR) is 91.3 cm³/mol. The summed E-state index contributed by atoms with van der Waals surface area (Å²) in [6, 6.07) is 15.1. The molecule has 2 aromatic carbocycles.